The number of pyridine rings is 1. The Labute approximate surface area is 145 Å². The van der Waals surface area contributed by atoms with Gasteiger partial charge < -0.3 is 10.0 Å². The summed E-state index contributed by atoms with van der Waals surface area (Å²) in [5.41, 5.74) is 1.58. The van der Waals surface area contributed by atoms with Gasteiger partial charge in [0.15, 0.2) is 0 Å². The molecule has 2 atom stereocenters. The molecule has 2 heterocycles. The third kappa shape index (κ3) is 4.02. The predicted octanol–water partition coefficient (Wildman–Crippen LogP) is 2.48. The van der Waals surface area contributed by atoms with Crippen molar-refractivity contribution in [2.75, 3.05) is 13.1 Å². The molecule has 0 radical (unpaired) electrons. The molecule has 0 spiro atoms. The van der Waals surface area contributed by atoms with Crippen LogP contribution >= 0.6 is 0 Å². The maximum Gasteiger partial charge on any atom is 0.308 e. The van der Waals surface area contributed by atoms with E-state index in [4.69, 9.17) is 0 Å². The summed E-state index contributed by atoms with van der Waals surface area (Å²) < 4.78 is 13.5. The second kappa shape index (κ2) is 7.42. The summed E-state index contributed by atoms with van der Waals surface area (Å²) in [4.78, 5) is 29.6. The Morgan fingerprint density at radius 3 is 2.76 bits per heavy atom. The van der Waals surface area contributed by atoms with Gasteiger partial charge >= 0.3 is 5.97 Å². The summed E-state index contributed by atoms with van der Waals surface area (Å²) in [5, 5.41) is 9.48. The number of carboxylic acids is 1. The number of carbonyl (C=O) groups is 2. The number of aryl methyl sites for hydroxylation is 1. The summed E-state index contributed by atoms with van der Waals surface area (Å²) in [7, 11) is 0. The molecule has 1 saturated heterocycles. The van der Waals surface area contributed by atoms with Gasteiger partial charge in [0, 0.05) is 37.8 Å². The highest BCUT2D eigenvalue weighted by Crippen LogP contribution is 2.33. The molecule has 6 heteroatoms. The smallest absolute Gasteiger partial charge is 0.308 e. The maximum absolute atomic E-state index is 13.5. The summed E-state index contributed by atoms with van der Waals surface area (Å²) in [6.45, 7) is 0.453. The van der Waals surface area contributed by atoms with Crippen molar-refractivity contribution in [2.24, 2.45) is 5.92 Å². The zero-order valence-corrected chi connectivity index (χ0v) is 13.6. The average Bonchev–Trinajstić information content (AvgIpc) is 3.06. The summed E-state index contributed by atoms with van der Waals surface area (Å²) in [5.74, 6) is -2.56. The highest BCUT2D eigenvalue weighted by molar-refractivity contribution is 5.79. The number of likely N-dealkylation sites (tertiary alicyclic amines) is 1. The van der Waals surface area contributed by atoms with E-state index >= 15 is 0 Å². The molecule has 1 fully saturated rings. The molecule has 0 bridgehead atoms. The largest absolute Gasteiger partial charge is 0.481 e. The van der Waals surface area contributed by atoms with Gasteiger partial charge in [0.25, 0.3) is 0 Å². The zero-order chi connectivity index (χ0) is 17.8. The van der Waals surface area contributed by atoms with Gasteiger partial charge in [-0.3, -0.25) is 14.6 Å². The SMILES string of the molecule is O=C(O)[C@@H]1CN(C(=O)CCc2cccnc2)C[C@H]1c1cccc(F)c1. The first kappa shape index (κ1) is 17.1. The standard InChI is InChI=1S/C19H19FN2O3/c20-15-5-1-4-14(9-15)16-11-22(12-17(16)19(24)25)18(23)7-6-13-3-2-8-21-10-13/h1-5,8-10,16-17H,6-7,11-12H2,(H,24,25)/t16-,17+/m0/s1. The third-order valence-corrected chi connectivity index (χ3v) is 4.62. The fourth-order valence-corrected chi connectivity index (χ4v) is 3.29. The molecule has 0 unspecified atom stereocenters. The van der Waals surface area contributed by atoms with Crippen LogP contribution in [0.5, 0.6) is 0 Å². The molecule has 1 aliphatic rings. The highest BCUT2D eigenvalue weighted by atomic mass is 19.1. The van der Waals surface area contributed by atoms with Crippen LogP contribution in [0.3, 0.4) is 0 Å². The van der Waals surface area contributed by atoms with Crippen molar-refractivity contribution in [3.05, 3.63) is 65.7 Å². The monoisotopic (exact) mass is 342 g/mol. The Kier molecular flexibility index (Phi) is 5.07. The number of nitrogens with zero attached hydrogens (tertiary/aromatic N) is 2. The van der Waals surface area contributed by atoms with E-state index in [0.717, 1.165) is 5.56 Å². The number of carboxylic acid groups (broad SMARTS) is 1. The highest BCUT2D eigenvalue weighted by Gasteiger charge is 2.40. The van der Waals surface area contributed by atoms with E-state index in [1.807, 2.05) is 12.1 Å². The first-order chi connectivity index (χ1) is 12.0. The Hall–Kier alpha value is -2.76. The van der Waals surface area contributed by atoms with Crippen molar-refractivity contribution in [1.82, 2.24) is 9.88 Å². The van der Waals surface area contributed by atoms with Crippen molar-refractivity contribution >= 4 is 11.9 Å². The van der Waals surface area contributed by atoms with Crippen LogP contribution in [0.15, 0.2) is 48.8 Å². The van der Waals surface area contributed by atoms with E-state index < -0.39 is 23.6 Å². The van der Waals surface area contributed by atoms with Gasteiger partial charge in [0.1, 0.15) is 5.82 Å². The van der Waals surface area contributed by atoms with E-state index in [-0.39, 0.29) is 12.5 Å². The molecule has 2 aromatic rings. The molecule has 1 aliphatic heterocycles. The fraction of sp³-hybridized carbons (Fsp3) is 0.316. The minimum atomic E-state index is -0.961. The minimum Gasteiger partial charge on any atom is -0.481 e. The molecular formula is C19H19FN2O3. The Balaban J connectivity index is 1.69. The molecule has 0 aliphatic carbocycles. The zero-order valence-electron chi connectivity index (χ0n) is 13.6. The third-order valence-electron chi connectivity index (χ3n) is 4.62. The Morgan fingerprint density at radius 2 is 2.08 bits per heavy atom. The molecule has 0 saturated carbocycles. The molecule has 1 N–H and O–H groups in total. The number of aromatic nitrogens is 1. The second-order valence-corrected chi connectivity index (χ2v) is 6.27. The van der Waals surface area contributed by atoms with Crippen molar-refractivity contribution in [1.29, 1.82) is 0 Å². The van der Waals surface area contributed by atoms with Crippen molar-refractivity contribution < 1.29 is 19.1 Å². The van der Waals surface area contributed by atoms with Crippen LogP contribution in [0.2, 0.25) is 0 Å². The van der Waals surface area contributed by atoms with Gasteiger partial charge in [-0.05, 0) is 35.7 Å². The van der Waals surface area contributed by atoms with Gasteiger partial charge in [0.05, 0.1) is 5.92 Å². The number of aliphatic carboxylic acids is 1. The first-order valence-corrected chi connectivity index (χ1v) is 8.19. The second-order valence-electron chi connectivity index (χ2n) is 6.27. The van der Waals surface area contributed by atoms with E-state index in [0.29, 0.717) is 24.9 Å². The van der Waals surface area contributed by atoms with Gasteiger partial charge in [-0.25, -0.2) is 4.39 Å². The van der Waals surface area contributed by atoms with E-state index in [9.17, 15) is 19.1 Å². The van der Waals surface area contributed by atoms with E-state index in [2.05, 4.69) is 4.98 Å². The maximum atomic E-state index is 13.5. The van der Waals surface area contributed by atoms with Crippen LogP contribution in [0.4, 0.5) is 4.39 Å². The summed E-state index contributed by atoms with van der Waals surface area (Å²) in [6, 6.07) is 9.68. The molecule has 3 rings (SSSR count). The van der Waals surface area contributed by atoms with Gasteiger partial charge in [-0.2, -0.15) is 0 Å². The van der Waals surface area contributed by atoms with Crippen molar-refractivity contribution in [2.45, 2.75) is 18.8 Å². The van der Waals surface area contributed by atoms with Crippen LogP contribution < -0.4 is 0 Å². The molecular weight excluding hydrogens is 323 g/mol. The average molecular weight is 342 g/mol. The van der Waals surface area contributed by atoms with E-state index in [1.54, 1.807) is 29.4 Å². The lowest BCUT2D eigenvalue weighted by atomic mass is 9.89. The van der Waals surface area contributed by atoms with Crippen LogP contribution in [0.25, 0.3) is 0 Å². The minimum absolute atomic E-state index is 0.0889. The number of amides is 1. The number of rotatable bonds is 5. The lowest BCUT2D eigenvalue weighted by Crippen LogP contribution is -2.30. The lowest BCUT2D eigenvalue weighted by Gasteiger charge is -2.16. The number of benzene rings is 1. The van der Waals surface area contributed by atoms with Gasteiger partial charge in [-0.1, -0.05) is 18.2 Å². The Bertz CT molecular complexity index is 766. The van der Waals surface area contributed by atoms with Crippen LogP contribution in [-0.2, 0) is 16.0 Å². The quantitative estimate of drug-likeness (QED) is 0.906. The van der Waals surface area contributed by atoms with E-state index in [1.165, 1.54) is 12.1 Å². The summed E-state index contributed by atoms with van der Waals surface area (Å²) >= 11 is 0. The number of hydrogen-bond acceptors (Lipinski definition) is 3. The van der Waals surface area contributed by atoms with Crippen molar-refractivity contribution in [3.63, 3.8) is 0 Å². The Morgan fingerprint density at radius 1 is 1.24 bits per heavy atom. The van der Waals surface area contributed by atoms with Gasteiger partial charge in [-0.15, -0.1) is 0 Å². The topological polar surface area (TPSA) is 70.5 Å². The fourth-order valence-electron chi connectivity index (χ4n) is 3.29. The predicted molar refractivity (Wildman–Crippen MR) is 89.4 cm³/mol. The summed E-state index contributed by atoms with van der Waals surface area (Å²) in [6.07, 6.45) is 4.25. The first-order valence-electron chi connectivity index (χ1n) is 8.19. The van der Waals surface area contributed by atoms with Crippen molar-refractivity contribution in [3.8, 4) is 0 Å². The molecule has 1 aromatic carbocycles. The molecule has 25 heavy (non-hydrogen) atoms. The number of carbonyl (C=O) groups excluding carboxylic acids is 1. The van der Waals surface area contributed by atoms with Crippen LogP contribution in [0, 0.1) is 11.7 Å². The molecule has 1 amide bonds. The molecule has 5 nitrogen and oxygen atoms in total. The lowest BCUT2D eigenvalue weighted by molar-refractivity contribution is -0.141. The number of hydrogen-bond donors (Lipinski definition) is 1. The van der Waals surface area contributed by atoms with Crippen LogP contribution in [-0.4, -0.2) is 40.0 Å². The molecule has 130 valence electrons. The van der Waals surface area contributed by atoms with Crippen LogP contribution in [0.1, 0.15) is 23.5 Å². The normalized spacial score (nSPS) is 19.8. The molecule has 1 aromatic heterocycles. The van der Waals surface area contributed by atoms with Gasteiger partial charge in [0.2, 0.25) is 5.91 Å². The number of halogens is 1.